The van der Waals surface area contributed by atoms with Crippen LogP contribution in [-0.4, -0.2) is 41.2 Å². The minimum atomic E-state index is -2.60. The van der Waals surface area contributed by atoms with Crippen molar-refractivity contribution in [2.24, 2.45) is 17.4 Å². The third kappa shape index (κ3) is 5.94. The molecule has 0 aliphatic heterocycles. The van der Waals surface area contributed by atoms with E-state index in [-0.39, 0.29) is 12.0 Å². The maximum absolute atomic E-state index is 5.92. The topological polar surface area (TPSA) is 79.7 Å². The molecule has 17 heavy (non-hydrogen) atoms. The molecular formula is C11H28N2O3Si. The Bertz CT molecular complexity index is 177. The van der Waals surface area contributed by atoms with E-state index in [0.717, 1.165) is 0 Å². The van der Waals surface area contributed by atoms with Gasteiger partial charge in [0.05, 0.1) is 0 Å². The molecule has 2 unspecified atom stereocenters. The van der Waals surface area contributed by atoms with Gasteiger partial charge in [0.1, 0.15) is 0 Å². The molecule has 0 rings (SSSR count). The quantitative estimate of drug-likeness (QED) is 0.574. The highest BCUT2D eigenvalue weighted by Gasteiger charge is 2.43. The Kier molecular flexibility index (Phi) is 9.02. The van der Waals surface area contributed by atoms with Gasteiger partial charge >= 0.3 is 8.80 Å². The summed E-state index contributed by atoms with van der Waals surface area (Å²) in [7, 11) is -2.60. The molecule has 0 aliphatic rings. The maximum Gasteiger partial charge on any atom is 0.501 e. The molecule has 104 valence electrons. The minimum absolute atomic E-state index is 0.0215. The summed E-state index contributed by atoms with van der Waals surface area (Å²) in [6, 6.07) is 0.713. The predicted octanol–water partition coefficient (Wildman–Crippen LogP) is 0.957. The van der Waals surface area contributed by atoms with Crippen molar-refractivity contribution in [3.8, 4) is 0 Å². The average Bonchev–Trinajstić information content (AvgIpc) is 2.26. The summed E-state index contributed by atoms with van der Waals surface area (Å²) >= 11 is 0. The molecule has 0 heterocycles. The number of hydrogen-bond donors (Lipinski definition) is 2. The maximum atomic E-state index is 5.92. The summed E-state index contributed by atoms with van der Waals surface area (Å²) < 4.78 is 17.3. The van der Waals surface area contributed by atoms with Crippen molar-refractivity contribution in [1.29, 1.82) is 0 Å². The fraction of sp³-hybridized carbons (Fsp3) is 1.00. The van der Waals surface area contributed by atoms with Gasteiger partial charge in [-0.05, 0) is 40.2 Å². The zero-order valence-corrected chi connectivity index (χ0v) is 12.6. The van der Waals surface area contributed by atoms with Crippen molar-refractivity contribution < 1.29 is 13.3 Å². The van der Waals surface area contributed by atoms with Crippen LogP contribution in [0.4, 0.5) is 0 Å². The lowest BCUT2D eigenvalue weighted by Crippen LogP contribution is -2.50. The number of nitrogens with two attached hydrogens (primary N) is 2. The molecule has 6 heteroatoms. The molecule has 0 radical (unpaired) electrons. The smallest absolute Gasteiger partial charge is 0.374 e. The molecular weight excluding hydrogens is 236 g/mol. The van der Waals surface area contributed by atoms with Crippen LogP contribution >= 0.6 is 0 Å². The first-order valence-electron chi connectivity index (χ1n) is 6.42. The van der Waals surface area contributed by atoms with Gasteiger partial charge in [0.15, 0.2) is 0 Å². The lowest BCUT2D eigenvalue weighted by atomic mass is 10.1. The third-order valence-electron chi connectivity index (χ3n) is 2.65. The first-order valence-corrected chi connectivity index (χ1v) is 8.35. The van der Waals surface area contributed by atoms with Gasteiger partial charge in [0, 0.05) is 31.9 Å². The summed E-state index contributed by atoms with van der Waals surface area (Å²) in [5, 5.41) is 0. The highest BCUT2D eigenvalue weighted by molar-refractivity contribution is 6.60. The van der Waals surface area contributed by atoms with Crippen LogP contribution in [0, 0.1) is 5.92 Å². The molecule has 0 saturated heterocycles. The third-order valence-corrected chi connectivity index (χ3v) is 5.86. The van der Waals surface area contributed by atoms with Crippen molar-refractivity contribution in [2.75, 3.05) is 26.4 Å². The molecule has 0 spiro atoms. The first kappa shape index (κ1) is 17.0. The SMILES string of the molecule is CCO[Si](CC(CN)C(C)N)(OCC)OCC. The van der Waals surface area contributed by atoms with Crippen LogP contribution in [0.25, 0.3) is 0 Å². The van der Waals surface area contributed by atoms with E-state index in [2.05, 4.69) is 0 Å². The van der Waals surface area contributed by atoms with E-state index in [1.54, 1.807) is 0 Å². The lowest BCUT2D eigenvalue weighted by molar-refractivity contribution is 0.0663. The molecule has 0 aromatic rings. The van der Waals surface area contributed by atoms with Crippen molar-refractivity contribution in [3.05, 3.63) is 0 Å². The van der Waals surface area contributed by atoms with E-state index in [4.69, 9.17) is 24.7 Å². The Morgan fingerprint density at radius 1 is 1.00 bits per heavy atom. The Morgan fingerprint density at radius 2 is 1.41 bits per heavy atom. The fourth-order valence-corrected chi connectivity index (χ4v) is 4.87. The van der Waals surface area contributed by atoms with E-state index in [1.165, 1.54) is 0 Å². The van der Waals surface area contributed by atoms with E-state index < -0.39 is 8.80 Å². The van der Waals surface area contributed by atoms with Crippen LogP contribution in [0.2, 0.25) is 6.04 Å². The van der Waals surface area contributed by atoms with E-state index >= 15 is 0 Å². The Hall–Kier alpha value is 0.0169. The summed E-state index contributed by atoms with van der Waals surface area (Å²) in [6.07, 6.45) is 0. The van der Waals surface area contributed by atoms with Crippen LogP contribution < -0.4 is 11.5 Å². The second kappa shape index (κ2) is 9.01. The average molecular weight is 264 g/mol. The van der Waals surface area contributed by atoms with Crippen LogP contribution in [0.1, 0.15) is 27.7 Å². The van der Waals surface area contributed by atoms with Gasteiger partial charge in [-0.25, -0.2) is 0 Å². The van der Waals surface area contributed by atoms with Crippen LogP contribution in [0.15, 0.2) is 0 Å². The van der Waals surface area contributed by atoms with Gasteiger partial charge in [-0.15, -0.1) is 0 Å². The zero-order valence-electron chi connectivity index (χ0n) is 11.6. The van der Waals surface area contributed by atoms with Crippen molar-refractivity contribution in [2.45, 2.75) is 39.8 Å². The summed E-state index contributed by atoms with van der Waals surface area (Å²) in [5.41, 5.74) is 11.7. The van der Waals surface area contributed by atoms with Gasteiger partial charge < -0.3 is 24.7 Å². The van der Waals surface area contributed by atoms with E-state index in [9.17, 15) is 0 Å². The van der Waals surface area contributed by atoms with E-state index in [0.29, 0.717) is 32.4 Å². The van der Waals surface area contributed by atoms with Crippen LogP contribution in [0.3, 0.4) is 0 Å². The second-order valence-corrected chi connectivity index (χ2v) is 6.68. The van der Waals surface area contributed by atoms with Crippen molar-refractivity contribution in [1.82, 2.24) is 0 Å². The molecule has 4 N–H and O–H groups in total. The molecule has 0 bridgehead atoms. The van der Waals surface area contributed by atoms with Gasteiger partial charge in [-0.1, -0.05) is 0 Å². The largest absolute Gasteiger partial charge is 0.501 e. The van der Waals surface area contributed by atoms with Gasteiger partial charge in [-0.2, -0.15) is 0 Å². The molecule has 5 nitrogen and oxygen atoms in total. The standard InChI is InChI=1S/C11H28N2O3Si/c1-5-14-17(15-6-2,16-7-3)9-11(8-12)10(4)13/h10-11H,5-9,12-13H2,1-4H3. The lowest BCUT2D eigenvalue weighted by Gasteiger charge is -2.32. The zero-order chi connectivity index (χ0) is 13.3. The first-order chi connectivity index (χ1) is 8.05. The van der Waals surface area contributed by atoms with Crippen molar-refractivity contribution >= 4 is 8.80 Å². The predicted molar refractivity (Wildman–Crippen MR) is 71.6 cm³/mol. The van der Waals surface area contributed by atoms with Crippen LogP contribution in [-0.2, 0) is 13.3 Å². The monoisotopic (exact) mass is 264 g/mol. The molecule has 0 saturated carbocycles. The fourth-order valence-electron chi connectivity index (χ4n) is 1.77. The second-order valence-electron chi connectivity index (χ2n) is 4.04. The summed E-state index contributed by atoms with van der Waals surface area (Å²) in [5.74, 6) is 0.173. The molecule has 0 fully saturated rings. The summed E-state index contributed by atoms with van der Waals surface area (Å²) in [6.45, 7) is 10.1. The molecule has 0 aliphatic carbocycles. The van der Waals surface area contributed by atoms with Gasteiger partial charge in [0.25, 0.3) is 0 Å². The van der Waals surface area contributed by atoms with Crippen molar-refractivity contribution in [3.63, 3.8) is 0 Å². The highest BCUT2D eigenvalue weighted by Crippen LogP contribution is 2.22. The van der Waals surface area contributed by atoms with Gasteiger partial charge in [0.2, 0.25) is 0 Å². The number of rotatable bonds is 10. The van der Waals surface area contributed by atoms with E-state index in [1.807, 2.05) is 27.7 Å². The number of hydrogen-bond acceptors (Lipinski definition) is 5. The minimum Gasteiger partial charge on any atom is -0.374 e. The Morgan fingerprint density at radius 3 is 1.65 bits per heavy atom. The normalized spacial score (nSPS) is 15.9. The Labute approximate surface area is 106 Å². The Balaban J connectivity index is 4.72. The highest BCUT2D eigenvalue weighted by atomic mass is 28.4. The van der Waals surface area contributed by atoms with Crippen LogP contribution in [0.5, 0.6) is 0 Å². The molecule has 0 aromatic carbocycles. The molecule has 2 atom stereocenters. The molecule has 0 amide bonds. The summed E-state index contributed by atoms with van der Waals surface area (Å²) in [4.78, 5) is 0. The molecule has 0 aromatic heterocycles. The van der Waals surface area contributed by atoms with Gasteiger partial charge in [-0.3, -0.25) is 0 Å².